The van der Waals surface area contributed by atoms with Crippen molar-refractivity contribution < 1.29 is 9.53 Å². The third-order valence-corrected chi connectivity index (χ3v) is 4.50. The molecule has 24 heavy (non-hydrogen) atoms. The largest absolute Gasteiger partial charge is 0.377 e. The summed E-state index contributed by atoms with van der Waals surface area (Å²) in [5.41, 5.74) is 3.02. The van der Waals surface area contributed by atoms with Crippen molar-refractivity contribution >= 4 is 17.2 Å². The van der Waals surface area contributed by atoms with Crippen molar-refractivity contribution in [1.82, 2.24) is 24.6 Å². The molecule has 0 radical (unpaired) electrons. The molecule has 1 amide bonds. The Kier molecular flexibility index (Phi) is 4.06. The highest BCUT2D eigenvalue weighted by molar-refractivity contribution is 7.07. The summed E-state index contributed by atoms with van der Waals surface area (Å²) in [6.45, 7) is 1.40. The molecule has 1 fully saturated rings. The number of hydrogen-bond donors (Lipinski definition) is 0. The SMILES string of the molecule is O=C(c1cscn1)N1CCOC[C@H]1c1ncnn1-c1ccccc1. The third kappa shape index (κ3) is 2.70. The lowest BCUT2D eigenvalue weighted by molar-refractivity contribution is -0.00605. The lowest BCUT2D eigenvalue weighted by atomic mass is 10.2. The molecule has 0 aliphatic carbocycles. The molecule has 7 nitrogen and oxygen atoms in total. The van der Waals surface area contributed by atoms with Gasteiger partial charge in [0.15, 0.2) is 5.82 Å². The number of thiazole rings is 1. The minimum Gasteiger partial charge on any atom is -0.377 e. The van der Waals surface area contributed by atoms with Crippen LogP contribution in [-0.2, 0) is 4.74 Å². The van der Waals surface area contributed by atoms with Gasteiger partial charge in [0.1, 0.15) is 18.1 Å². The van der Waals surface area contributed by atoms with Crippen LogP contribution in [0.3, 0.4) is 0 Å². The van der Waals surface area contributed by atoms with Gasteiger partial charge in [-0.05, 0) is 12.1 Å². The second-order valence-electron chi connectivity index (χ2n) is 5.33. The fourth-order valence-corrected chi connectivity index (χ4v) is 3.30. The second kappa shape index (κ2) is 6.50. The molecule has 0 N–H and O–H groups in total. The highest BCUT2D eigenvalue weighted by Gasteiger charge is 2.33. The van der Waals surface area contributed by atoms with Crippen molar-refractivity contribution in [3.63, 3.8) is 0 Å². The molecule has 4 rings (SSSR count). The van der Waals surface area contributed by atoms with Crippen LogP contribution in [0.1, 0.15) is 22.4 Å². The van der Waals surface area contributed by atoms with Crippen molar-refractivity contribution in [2.75, 3.05) is 19.8 Å². The summed E-state index contributed by atoms with van der Waals surface area (Å²) in [7, 11) is 0. The molecule has 2 aromatic heterocycles. The first kappa shape index (κ1) is 15.0. The Bertz CT molecular complexity index is 818. The van der Waals surface area contributed by atoms with Crippen LogP contribution >= 0.6 is 11.3 Å². The summed E-state index contributed by atoms with van der Waals surface area (Å²) in [5, 5.41) is 6.08. The second-order valence-corrected chi connectivity index (χ2v) is 6.05. The Labute approximate surface area is 142 Å². The van der Waals surface area contributed by atoms with Crippen molar-refractivity contribution in [2.24, 2.45) is 0 Å². The molecule has 122 valence electrons. The minimum atomic E-state index is -0.296. The summed E-state index contributed by atoms with van der Waals surface area (Å²) < 4.78 is 7.35. The molecule has 1 aliphatic rings. The van der Waals surface area contributed by atoms with Crippen molar-refractivity contribution in [3.8, 4) is 5.69 Å². The fraction of sp³-hybridized carbons (Fsp3) is 0.250. The summed E-state index contributed by atoms with van der Waals surface area (Å²) in [6.07, 6.45) is 1.50. The molecule has 3 aromatic rings. The van der Waals surface area contributed by atoms with Crippen LogP contribution in [0.2, 0.25) is 0 Å². The average Bonchev–Trinajstić information content (AvgIpc) is 3.33. The van der Waals surface area contributed by atoms with Crippen LogP contribution in [0.5, 0.6) is 0 Å². The molecule has 0 unspecified atom stereocenters. The molecule has 1 atom stereocenters. The van der Waals surface area contributed by atoms with Crippen molar-refractivity contribution in [2.45, 2.75) is 6.04 Å². The third-order valence-electron chi connectivity index (χ3n) is 3.91. The number of ether oxygens (including phenoxy) is 1. The molecule has 3 heterocycles. The topological polar surface area (TPSA) is 73.1 Å². The van der Waals surface area contributed by atoms with Crippen LogP contribution in [-0.4, -0.2) is 50.3 Å². The van der Waals surface area contributed by atoms with Gasteiger partial charge in [0.25, 0.3) is 5.91 Å². The van der Waals surface area contributed by atoms with E-state index in [2.05, 4.69) is 15.1 Å². The van der Waals surface area contributed by atoms with Gasteiger partial charge < -0.3 is 9.64 Å². The molecule has 8 heteroatoms. The molecular formula is C16H15N5O2S. The zero-order chi connectivity index (χ0) is 16.4. The van der Waals surface area contributed by atoms with Gasteiger partial charge in [-0.25, -0.2) is 14.6 Å². The maximum Gasteiger partial charge on any atom is 0.274 e. The summed E-state index contributed by atoms with van der Waals surface area (Å²) in [4.78, 5) is 23.1. The Hall–Kier alpha value is -2.58. The first-order chi connectivity index (χ1) is 11.8. The molecular weight excluding hydrogens is 326 g/mol. The van der Waals surface area contributed by atoms with Gasteiger partial charge in [-0.2, -0.15) is 5.10 Å². The maximum absolute atomic E-state index is 12.8. The zero-order valence-electron chi connectivity index (χ0n) is 12.8. The molecule has 1 aromatic carbocycles. The lowest BCUT2D eigenvalue weighted by Crippen LogP contribution is -2.44. The Morgan fingerprint density at radius 3 is 2.92 bits per heavy atom. The predicted octanol–water partition coefficient (Wildman–Crippen LogP) is 1.94. The Morgan fingerprint density at radius 2 is 2.12 bits per heavy atom. The summed E-state index contributed by atoms with van der Waals surface area (Å²) in [6, 6.07) is 9.44. The Morgan fingerprint density at radius 1 is 1.25 bits per heavy atom. The number of aromatic nitrogens is 4. The number of morpholine rings is 1. The van der Waals surface area contributed by atoms with E-state index in [9.17, 15) is 4.79 Å². The van der Waals surface area contributed by atoms with Crippen LogP contribution in [0, 0.1) is 0 Å². The van der Waals surface area contributed by atoms with Crippen LogP contribution < -0.4 is 0 Å². The minimum absolute atomic E-state index is 0.104. The maximum atomic E-state index is 12.8. The van der Waals surface area contributed by atoms with Gasteiger partial charge >= 0.3 is 0 Å². The summed E-state index contributed by atoms with van der Waals surface area (Å²) >= 11 is 1.41. The van der Waals surface area contributed by atoms with Gasteiger partial charge in [-0.1, -0.05) is 18.2 Å². The first-order valence-electron chi connectivity index (χ1n) is 7.57. The Balaban J connectivity index is 1.70. The smallest absolute Gasteiger partial charge is 0.274 e. The van der Waals surface area contributed by atoms with Gasteiger partial charge in [-0.15, -0.1) is 11.3 Å². The molecule has 0 spiro atoms. The van der Waals surface area contributed by atoms with Crippen LogP contribution in [0.15, 0.2) is 47.5 Å². The molecule has 0 bridgehead atoms. The first-order valence-corrected chi connectivity index (χ1v) is 8.51. The zero-order valence-corrected chi connectivity index (χ0v) is 13.6. The van der Waals surface area contributed by atoms with E-state index in [1.165, 1.54) is 17.7 Å². The number of para-hydroxylation sites is 1. The van der Waals surface area contributed by atoms with E-state index in [-0.39, 0.29) is 11.9 Å². The fourth-order valence-electron chi connectivity index (χ4n) is 2.77. The predicted molar refractivity (Wildman–Crippen MR) is 88.1 cm³/mol. The van der Waals surface area contributed by atoms with E-state index in [4.69, 9.17) is 4.74 Å². The number of benzene rings is 1. The highest BCUT2D eigenvalue weighted by Crippen LogP contribution is 2.26. The number of amides is 1. The molecule has 1 saturated heterocycles. The number of hydrogen-bond acceptors (Lipinski definition) is 6. The van der Waals surface area contributed by atoms with E-state index < -0.39 is 0 Å². The normalized spacial score (nSPS) is 17.8. The molecule has 0 saturated carbocycles. The average molecular weight is 341 g/mol. The van der Waals surface area contributed by atoms with E-state index in [0.29, 0.717) is 31.3 Å². The summed E-state index contributed by atoms with van der Waals surface area (Å²) in [5.74, 6) is 0.580. The molecule has 1 aliphatic heterocycles. The number of carbonyl (C=O) groups excluding carboxylic acids is 1. The highest BCUT2D eigenvalue weighted by atomic mass is 32.1. The van der Waals surface area contributed by atoms with Gasteiger partial charge in [0.05, 0.1) is 24.4 Å². The quantitative estimate of drug-likeness (QED) is 0.728. The van der Waals surface area contributed by atoms with Crippen molar-refractivity contribution in [1.29, 1.82) is 0 Å². The van der Waals surface area contributed by atoms with Gasteiger partial charge in [-0.3, -0.25) is 4.79 Å². The van der Waals surface area contributed by atoms with E-state index in [1.54, 1.807) is 20.5 Å². The van der Waals surface area contributed by atoms with Crippen LogP contribution in [0.25, 0.3) is 5.69 Å². The lowest BCUT2D eigenvalue weighted by Gasteiger charge is -2.34. The van der Waals surface area contributed by atoms with Crippen LogP contribution in [0.4, 0.5) is 0 Å². The van der Waals surface area contributed by atoms with Gasteiger partial charge in [0.2, 0.25) is 0 Å². The van der Waals surface area contributed by atoms with E-state index in [0.717, 1.165) is 5.69 Å². The van der Waals surface area contributed by atoms with E-state index >= 15 is 0 Å². The number of nitrogens with zero attached hydrogens (tertiary/aromatic N) is 5. The monoisotopic (exact) mass is 341 g/mol. The number of rotatable bonds is 3. The number of carbonyl (C=O) groups is 1. The standard InChI is InChI=1S/C16H15N5O2S/c22-16(13-9-24-11-18-13)20-6-7-23-8-14(20)15-17-10-19-21(15)12-4-2-1-3-5-12/h1-5,9-11,14H,6-8H2/t14-/m0/s1. The van der Waals surface area contributed by atoms with Crippen molar-refractivity contribution in [3.05, 3.63) is 59.1 Å². The van der Waals surface area contributed by atoms with E-state index in [1.807, 2.05) is 30.3 Å². The van der Waals surface area contributed by atoms with Gasteiger partial charge in [0, 0.05) is 11.9 Å².